The van der Waals surface area contributed by atoms with Crippen molar-refractivity contribution in [2.45, 2.75) is 32.6 Å². The zero-order valence-corrected chi connectivity index (χ0v) is 16.4. The first-order chi connectivity index (χ1) is 13.0. The summed E-state index contributed by atoms with van der Waals surface area (Å²) in [5.74, 6) is -1.24. The third-order valence-electron chi connectivity index (χ3n) is 4.01. The molecule has 6 nitrogen and oxygen atoms in total. The predicted molar refractivity (Wildman–Crippen MR) is 104 cm³/mol. The van der Waals surface area contributed by atoms with Crippen molar-refractivity contribution >= 4 is 34.2 Å². The number of esters is 2. The molecule has 7 heteroatoms. The molecule has 0 spiro atoms. The lowest BCUT2D eigenvalue weighted by molar-refractivity contribution is -0.141. The lowest BCUT2D eigenvalue weighted by Gasteiger charge is -2.09. The summed E-state index contributed by atoms with van der Waals surface area (Å²) >= 11 is 1.34. The molecule has 1 amide bonds. The first-order valence-corrected chi connectivity index (χ1v) is 9.50. The number of carbonyl (C=O) groups excluding carboxylic acids is 3. The van der Waals surface area contributed by atoms with Crippen molar-refractivity contribution in [1.29, 1.82) is 0 Å². The summed E-state index contributed by atoms with van der Waals surface area (Å²) in [5, 5.41) is 3.16. The van der Waals surface area contributed by atoms with Gasteiger partial charge in [-0.3, -0.25) is 9.59 Å². The van der Waals surface area contributed by atoms with Crippen LogP contribution in [0.3, 0.4) is 0 Å². The van der Waals surface area contributed by atoms with Crippen LogP contribution < -0.4 is 5.32 Å². The fourth-order valence-corrected chi connectivity index (χ4v) is 3.63. The van der Waals surface area contributed by atoms with Gasteiger partial charge in [-0.1, -0.05) is 37.3 Å². The van der Waals surface area contributed by atoms with Crippen molar-refractivity contribution in [3.63, 3.8) is 0 Å². The van der Waals surface area contributed by atoms with Gasteiger partial charge in [-0.15, -0.1) is 11.3 Å². The normalized spacial score (nSPS) is 11.5. The number of nitrogens with one attached hydrogen (secondary N) is 1. The van der Waals surface area contributed by atoms with E-state index in [1.165, 1.54) is 18.4 Å². The average molecular weight is 389 g/mol. The molecule has 0 aliphatic rings. The molecule has 2 rings (SSSR count). The number of benzene rings is 1. The lowest BCUT2D eigenvalue weighted by Crippen LogP contribution is -2.15. The van der Waals surface area contributed by atoms with Crippen molar-refractivity contribution in [1.82, 2.24) is 0 Å². The molecule has 1 aromatic carbocycles. The second-order valence-corrected chi connectivity index (χ2v) is 6.95. The van der Waals surface area contributed by atoms with E-state index in [1.54, 1.807) is 13.0 Å². The number of thiophene rings is 1. The Balaban J connectivity index is 2.23. The third kappa shape index (κ3) is 5.65. The fraction of sp³-hybridized carbons (Fsp3) is 0.350. The van der Waals surface area contributed by atoms with Gasteiger partial charge in [0, 0.05) is 17.2 Å². The summed E-state index contributed by atoms with van der Waals surface area (Å²) in [4.78, 5) is 36.6. The maximum Gasteiger partial charge on any atom is 0.341 e. The molecular weight excluding hydrogens is 366 g/mol. The number of hydrogen-bond donors (Lipinski definition) is 1. The van der Waals surface area contributed by atoms with E-state index in [4.69, 9.17) is 4.74 Å². The molecule has 144 valence electrons. The predicted octanol–water partition coefficient (Wildman–Crippen LogP) is 3.97. The number of amides is 1. The first kappa shape index (κ1) is 20.6. The minimum Gasteiger partial charge on any atom is -0.469 e. The van der Waals surface area contributed by atoms with Crippen molar-refractivity contribution in [2.75, 3.05) is 19.0 Å². The number of carbonyl (C=O) groups is 3. The highest BCUT2D eigenvalue weighted by Gasteiger charge is 2.22. The molecule has 0 saturated carbocycles. The van der Waals surface area contributed by atoms with E-state index in [-0.39, 0.29) is 31.3 Å². The number of hydrogen-bond acceptors (Lipinski definition) is 6. The number of ether oxygens (including phenoxy) is 2. The van der Waals surface area contributed by atoms with Gasteiger partial charge >= 0.3 is 11.9 Å². The molecule has 1 unspecified atom stereocenters. The minimum absolute atomic E-state index is 0.0174. The largest absolute Gasteiger partial charge is 0.469 e. The van der Waals surface area contributed by atoms with Crippen LogP contribution in [0.2, 0.25) is 0 Å². The van der Waals surface area contributed by atoms with Crippen LogP contribution >= 0.6 is 11.3 Å². The van der Waals surface area contributed by atoms with Crippen molar-refractivity contribution in [2.24, 2.45) is 0 Å². The smallest absolute Gasteiger partial charge is 0.341 e. The van der Waals surface area contributed by atoms with Crippen LogP contribution in [-0.4, -0.2) is 31.6 Å². The van der Waals surface area contributed by atoms with Gasteiger partial charge in [-0.05, 0) is 18.6 Å². The Morgan fingerprint density at radius 1 is 1.15 bits per heavy atom. The highest BCUT2D eigenvalue weighted by atomic mass is 32.1. The van der Waals surface area contributed by atoms with Crippen molar-refractivity contribution in [3.05, 3.63) is 52.4 Å². The van der Waals surface area contributed by atoms with Crippen LogP contribution in [0.15, 0.2) is 36.4 Å². The summed E-state index contributed by atoms with van der Waals surface area (Å²) < 4.78 is 9.65. The quantitative estimate of drug-likeness (QED) is 0.691. The zero-order valence-electron chi connectivity index (χ0n) is 15.6. The summed E-state index contributed by atoms with van der Waals surface area (Å²) in [5.41, 5.74) is 1.43. The maximum absolute atomic E-state index is 12.3. The lowest BCUT2D eigenvalue weighted by atomic mass is 9.99. The Morgan fingerprint density at radius 2 is 1.85 bits per heavy atom. The Morgan fingerprint density at radius 3 is 2.48 bits per heavy atom. The molecule has 0 bridgehead atoms. The monoisotopic (exact) mass is 389 g/mol. The minimum atomic E-state index is -0.483. The molecule has 1 atom stereocenters. The molecule has 0 radical (unpaired) electrons. The van der Waals surface area contributed by atoms with Gasteiger partial charge in [-0.25, -0.2) is 4.79 Å². The average Bonchev–Trinajstić information content (AvgIpc) is 3.10. The van der Waals surface area contributed by atoms with Crippen LogP contribution in [0, 0.1) is 0 Å². The number of methoxy groups -OCH3 is 1. The Bertz CT molecular complexity index is 800. The van der Waals surface area contributed by atoms with Crippen molar-refractivity contribution < 1.29 is 23.9 Å². The Kier molecular flexibility index (Phi) is 7.55. The summed E-state index contributed by atoms with van der Waals surface area (Å²) in [6.45, 7) is 4.01. The third-order valence-corrected chi connectivity index (χ3v) is 5.24. The molecule has 2 aromatic rings. The van der Waals surface area contributed by atoms with E-state index in [9.17, 15) is 14.4 Å². The number of rotatable bonds is 8. The van der Waals surface area contributed by atoms with Gasteiger partial charge in [0.25, 0.3) is 0 Å². The topological polar surface area (TPSA) is 81.7 Å². The van der Waals surface area contributed by atoms with Gasteiger partial charge in [0.1, 0.15) is 5.00 Å². The van der Waals surface area contributed by atoms with E-state index >= 15 is 0 Å². The molecule has 0 aliphatic carbocycles. The van der Waals surface area contributed by atoms with E-state index in [2.05, 4.69) is 10.1 Å². The number of anilines is 1. The summed E-state index contributed by atoms with van der Waals surface area (Å²) in [6.07, 6.45) is -0.0356. The van der Waals surface area contributed by atoms with Crippen LogP contribution in [0.25, 0.3) is 0 Å². The summed E-state index contributed by atoms with van der Waals surface area (Å²) in [6, 6.07) is 11.7. The Labute approximate surface area is 162 Å². The molecule has 0 saturated heterocycles. The van der Waals surface area contributed by atoms with Crippen molar-refractivity contribution in [3.8, 4) is 0 Å². The first-order valence-electron chi connectivity index (χ1n) is 8.68. The van der Waals surface area contributed by atoms with Gasteiger partial charge < -0.3 is 14.8 Å². The van der Waals surface area contributed by atoms with Crippen LogP contribution in [0.4, 0.5) is 5.00 Å². The standard InChI is InChI=1S/C20H23NO5S/c1-4-26-20(24)15-12-16(13(2)14-8-6-5-7-9-14)27-19(15)21-17(22)10-11-18(23)25-3/h5-9,12-13H,4,10-11H2,1-3H3,(H,21,22). The van der Waals surface area contributed by atoms with Gasteiger partial charge in [0.05, 0.1) is 25.7 Å². The summed E-state index contributed by atoms with van der Waals surface area (Å²) in [7, 11) is 1.27. The molecule has 1 heterocycles. The van der Waals surface area contributed by atoms with Gasteiger partial charge in [-0.2, -0.15) is 0 Å². The molecule has 0 fully saturated rings. The fourth-order valence-electron chi connectivity index (χ4n) is 2.49. The second kappa shape index (κ2) is 9.87. The zero-order chi connectivity index (χ0) is 19.8. The molecule has 1 N–H and O–H groups in total. The van der Waals surface area contributed by atoms with E-state index in [0.717, 1.165) is 10.4 Å². The molecule has 27 heavy (non-hydrogen) atoms. The van der Waals surface area contributed by atoms with Gasteiger partial charge in [0.2, 0.25) is 5.91 Å². The second-order valence-electron chi connectivity index (χ2n) is 5.87. The Hall–Kier alpha value is -2.67. The molecular formula is C20H23NO5S. The van der Waals surface area contributed by atoms with Crippen LogP contribution in [0.5, 0.6) is 0 Å². The van der Waals surface area contributed by atoms with E-state index in [0.29, 0.717) is 10.6 Å². The van der Waals surface area contributed by atoms with E-state index < -0.39 is 11.9 Å². The van der Waals surface area contributed by atoms with Crippen LogP contribution in [-0.2, 0) is 19.1 Å². The van der Waals surface area contributed by atoms with Gasteiger partial charge in [0.15, 0.2) is 0 Å². The maximum atomic E-state index is 12.3. The molecule has 1 aromatic heterocycles. The SMILES string of the molecule is CCOC(=O)c1cc(C(C)c2ccccc2)sc1NC(=O)CCC(=O)OC. The van der Waals surface area contributed by atoms with E-state index in [1.807, 2.05) is 37.3 Å². The molecule has 0 aliphatic heterocycles. The highest BCUT2D eigenvalue weighted by Crippen LogP contribution is 2.36. The highest BCUT2D eigenvalue weighted by molar-refractivity contribution is 7.16. The van der Waals surface area contributed by atoms with Crippen LogP contribution in [0.1, 0.15) is 53.4 Å².